The van der Waals surface area contributed by atoms with Gasteiger partial charge in [0.15, 0.2) is 5.69 Å². The molecule has 168 valence electrons. The Kier molecular flexibility index (Phi) is 6.33. The molecule has 10 heteroatoms. The van der Waals surface area contributed by atoms with E-state index in [-0.39, 0.29) is 29.0 Å². The van der Waals surface area contributed by atoms with Crippen LogP contribution in [0.4, 0.5) is 17.6 Å². The van der Waals surface area contributed by atoms with Crippen LogP contribution in [0.25, 0.3) is 16.8 Å². The lowest BCUT2D eigenvalue weighted by Gasteiger charge is -2.15. The second-order valence-corrected chi connectivity index (χ2v) is 6.95. The third-order valence-corrected chi connectivity index (χ3v) is 4.57. The number of nitrogens with zero attached hydrogens (tertiary/aromatic N) is 3. The Labute approximate surface area is 181 Å². The summed E-state index contributed by atoms with van der Waals surface area (Å²) in [7, 11) is 2.96. The van der Waals surface area contributed by atoms with Crippen molar-refractivity contribution in [2.24, 2.45) is 0 Å². The average molecular weight is 449 g/mol. The summed E-state index contributed by atoms with van der Waals surface area (Å²) in [5, 5.41) is 3.72. The molecular formula is C22H19F4N3O3. The van der Waals surface area contributed by atoms with E-state index < -0.39 is 35.1 Å². The molecule has 0 atom stereocenters. The van der Waals surface area contributed by atoms with E-state index in [0.29, 0.717) is 4.68 Å². The monoisotopic (exact) mass is 449 g/mol. The first kappa shape index (κ1) is 23.0. The largest absolute Gasteiger partial charge is 0.462 e. The lowest BCUT2D eigenvalue weighted by Crippen LogP contribution is -2.23. The van der Waals surface area contributed by atoms with E-state index >= 15 is 4.39 Å². The summed E-state index contributed by atoms with van der Waals surface area (Å²) in [6.07, 6.45) is -4.12. The first-order valence-corrected chi connectivity index (χ1v) is 9.49. The summed E-state index contributed by atoms with van der Waals surface area (Å²) in [6.45, 7) is 1.38. The number of benzene rings is 2. The van der Waals surface area contributed by atoms with Crippen molar-refractivity contribution >= 4 is 11.9 Å². The Balaban J connectivity index is 2.13. The van der Waals surface area contributed by atoms with Gasteiger partial charge in [-0.05, 0) is 30.7 Å². The topological polar surface area (TPSA) is 64.4 Å². The molecule has 0 saturated heterocycles. The summed E-state index contributed by atoms with van der Waals surface area (Å²) >= 11 is 0. The third kappa shape index (κ3) is 4.34. The molecule has 1 heterocycles. The van der Waals surface area contributed by atoms with Crippen LogP contribution >= 0.6 is 0 Å². The van der Waals surface area contributed by atoms with Crippen LogP contribution in [0.3, 0.4) is 0 Å². The number of amides is 1. The summed E-state index contributed by atoms with van der Waals surface area (Å²) in [5.41, 5.74) is -1.98. The van der Waals surface area contributed by atoms with Crippen LogP contribution in [0, 0.1) is 5.82 Å². The fraction of sp³-hybridized carbons (Fsp3) is 0.227. The number of hydrogen-bond donors (Lipinski definition) is 0. The molecule has 6 nitrogen and oxygen atoms in total. The number of carbonyl (C=O) groups excluding carboxylic acids is 2. The molecule has 0 saturated carbocycles. The van der Waals surface area contributed by atoms with E-state index in [0.717, 1.165) is 6.20 Å². The quantitative estimate of drug-likeness (QED) is 0.423. The molecule has 0 aliphatic carbocycles. The van der Waals surface area contributed by atoms with Gasteiger partial charge in [0.1, 0.15) is 11.4 Å². The van der Waals surface area contributed by atoms with Gasteiger partial charge in [-0.15, -0.1) is 0 Å². The van der Waals surface area contributed by atoms with Gasteiger partial charge in [0.2, 0.25) is 0 Å². The van der Waals surface area contributed by atoms with Gasteiger partial charge in [-0.1, -0.05) is 24.3 Å². The number of rotatable bonds is 5. The molecule has 0 radical (unpaired) electrons. The maximum Gasteiger partial charge on any atom is 0.434 e. The van der Waals surface area contributed by atoms with Gasteiger partial charge >= 0.3 is 12.1 Å². The minimum atomic E-state index is -4.90. The van der Waals surface area contributed by atoms with Crippen LogP contribution in [0.1, 0.15) is 33.3 Å². The van der Waals surface area contributed by atoms with Crippen molar-refractivity contribution in [2.75, 3.05) is 20.7 Å². The van der Waals surface area contributed by atoms with Crippen molar-refractivity contribution in [2.45, 2.75) is 13.1 Å². The van der Waals surface area contributed by atoms with Gasteiger partial charge in [0.05, 0.1) is 24.1 Å². The smallest absolute Gasteiger partial charge is 0.434 e. The van der Waals surface area contributed by atoms with Gasteiger partial charge in [-0.3, -0.25) is 4.79 Å². The normalized spacial score (nSPS) is 11.3. The van der Waals surface area contributed by atoms with Gasteiger partial charge < -0.3 is 9.64 Å². The maximum atomic E-state index is 15.1. The van der Waals surface area contributed by atoms with Crippen molar-refractivity contribution in [3.8, 4) is 16.8 Å². The molecule has 0 fully saturated rings. The summed E-state index contributed by atoms with van der Waals surface area (Å²) in [4.78, 5) is 25.4. The maximum absolute atomic E-state index is 15.1. The van der Waals surface area contributed by atoms with Gasteiger partial charge in [0, 0.05) is 19.7 Å². The first-order chi connectivity index (χ1) is 15.1. The first-order valence-electron chi connectivity index (χ1n) is 9.49. The second-order valence-electron chi connectivity index (χ2n) is 6.95. The van der Waals surface area contributed by atoms with Crippen molar-refractivity contribution < 1.29 is 31.9 Å². The van der Waals surface area contributed by atoms with Crippen LogP contribution in [0.2, 0.25) is 0 Å². The zero-order valence-electron chi connectivity index (χ0n) is 17.4. The highest BCUT2D eigenvalue weighted by atomic mass is 19.4. The third-order valence-electron chi connectivity index (χ3n) is 4.57. The van der Waals surface area contributed by atoms with Crippen molar-refractivity contribution in [1.82, 2.24) is 14.7 Å². The van der Waals surface area contributed by atoms with E-state index in [1.165, 1.54) is 68.4 Å². The Morgan fingerprint density at radius 1 is 1.09 bits per heavy atom. The van der Waals surface area contributed by atoms with E-state index in [9.17, 15) is 22.8 Å². The SMILES string of the molecule is CCOC(=O)c1cnn(-c2cccc(-c3cccc(C(=O)N(C)C)c3F)c2)c1C(F)(F)F. The lowest BCUT2D eigenvalue weighted by molar-refractivity contribution is -0.143. The second kappa shape index (κ2) is 8.81. The molecule has 1 amide bonds. The number of carbonyl (C=O) groups is 2. The minimum absolute atomic E-state index is 0.0332. The molecule has 2 aromatic carbocycles. The highest BCUT2D eigenvalue weighted by Crippen LogP contribution is 2.35. The van der Waals surface area contributed by atoms with Crippen LogP contribution in [-0.2, 0) is 10.9 Å². The summed E-state index contributed by atoms with van der Waals surface area (Å²) in [6, 6.07) is 9.78. The molecule has 0 aliphatic rings. The molecule has 3 aromatic rings. The Hall–Kier alpha value is -3.69. The minimum Gasteiger partial charge on any atom is -0.462 e. The molecule has 0 spiro atoms. The van der Waals surface area contributed by atoms with E-state index in [4.69, 9.17) is 4.74 Å². The van der Waals surface area contributed by atoms with Gasteiger partial charge in [-0.2, -0.15) is 18.3 Å². The van der Waals surface area contributed by atoms with Gasteiger partial charge in [-0.25, -0.2) is 13.9 Å². The predicted molar refractivity (Wildman–Crippen MR) is 108 cm³/mol. The van der Waals surface area contributed by atoms with Crippen LogP contribution in [0.5, 0.6) is 0 Å². The van der Waals surface area contributed by atoms with Gasteiger partial charge in [0.25, 0.3) is 5.91 Å². The molecule has 3 rings (SSSR count). The lowest BCUT2D eigenvalue weighted by atomic mass is 10.0. The highest BCUT2D eigenvalue weighted by Gasteiger charge is 2.41. The summed E-state index contributed by atoms with van der Waals surface area (Å²) in [5.74, 6) is -2.50. The number of hydrogen-bond acceptors (Lipinski definition) is 4. The zero-order chi connectivity index (χ0) is 23.6. The number of ether oxygens (including phenoxy) is 1. The van der Waals surface area contributed by atoms with Crippen LogP contribution in [-0.4, -0.2) is 47.3 Å². The number of alkyl halides is 3. The fourth-order valence-electron chi connectivity index (χ4n) is 3.14. The fourth-order valence-corrected chi connectivity index (χ4v) is 3.14. The van der Waals surface area contributed by atoms with Crippen LogP contribution in [0.15, 0.2) is 48.7 Å². The Morgan fingerprint density at radius 2 is 1.78 bits per heavy atom. The Morgan fingerprint density at radius 3 is 2.41 bits per heavy atom. The average Bonchev–Trinajstić information content (AvgIpc) is 3.20. The van der Waals surface area contributed by atoms with Crippen molar-refractivity contribution in [3.63, 3.8) is 0 Å². The van der Waals surface area contributed by atoms with E-state index in [1.54, 1.807) is 0 Å². The standard InChI is InChI=1S/C22H19F4N3O3/c1-4-32-21(31)17-12-27-29(19(17)22(24,25)26)14-8-5-7-13(11-14)15-9-6-10-16(18(15)23)20(30)28(2)3/h5-12H,4H2,1-3H3. The number of aromatic nitrogens is 2. The molecule has 0 bridgehead atoms. The van der Waals surface area contributed by atoms with E-state index in [1.807, 2.05) is 0 Å². The number of halogens is 4. The molecule has 0 N–H and O–H groups in total. The van der Waals surface area contributed by atoms with Crippen LogP contribution < -0.4 is 0 Å². The highest BCUT2D eigenvalue weighted by molar-refractivity contribution is 5.95. The Bertz CT molecular complexity index is 1170. The number of esters is 1. The van der Waals surface area contributed by atoms with E-state index in [2.05, 4.69) is 5.10 Å². The molecule has 0 aliphatic heterocycles. The molecule has 1 aromatic heterocycles. The van der Waals surface area contributed by atoms with Crippen molar-refractivity contribution in [1.29, 1.82) is 0 Å². The van der Waals surface area contributed by atoms with Crippen molar-refractivity contribution in [3.05, 3.63) is 71.3 Å². The molecular weight excluding hydrogens is 430 g/mol. The molecule has 32 heavy (non-hydrogen) atoms. The molecule has 0 unspecified atom stereocenters. The summed E-state index contributed by atoms with van der Waals surface area (Å²) < 4.78 is 61.6. The predicted octanol–water partition coefficient (Wildman–Crippen LogP) is 4.58. The zero-order valence-corrected chi connectivity index (χ0v) is 17.4.